The predicted molar refractivity (Wildman–Crippen MR) is 88.7 cm³/mol. The Balaban J connectivity index is 0.000000377. The first-order valence-corrected chi connectivity index (χ1v) is 7.96. The Morgan fingerprint density at radius 3 is 1.96 bits per heavy atom. The molecule has 2 unspecified atom stereocenters. The second-order valence-corrected chi connectivity index (χ2v) is 5.75. The minimum Gasteiger partial charge on any atom is -0.748 e. The Morgan fingerprint density at radius 1 is 1.04 bits per heavy atom. The average Bonchev–Trinajstić information content (AvgIpc) is 3.25. The third-order valence-corrected chi connectivity index (χ3v) is 4.16. The van der Waals surface area contributed by atoms with Crippen molar-refractivity contribution in [2.24, 2.45) is 0 Å². The molecule has 1 heterocycles. The summed E-state index contributed by atoms with van der Waals surface area (Å²) in [4.78, 5) is 13.2. The second-order valence-electron chi connectivity index (χ2n) is 5.75. The molecule has 2 aromatic carbocycles. The molecule has 4 nitrogen and oxygen atoms in total. The number of nitrogens with zero attached hydrogens (tertiary/aromatic N) is 2. The van der Waals surface area contributed by atoms with Gasteiger partial charge in [0.05, 0.1) is 6.04 Å². The zero-order valence-electron chi connectivity index (χ0n) is 13.5. The van der Waals surface area contributed by atoms with Crippen LogP contribution in [0.15, 0.2) is 54.6 Å². The van der Waals surface area contributed by atoms with Gasteiger partial charge in [-0.05, 0) is 25.9 Å². The zero-order valence-corrected chi connectivity index (χ0v) is 14.6. The molecule has 0 amide bonds. The summed E-state index contributed by atoms with van der Waals surface area (Å²) in [5.74, 6) is 0. The smallest absolute Gasteiger partial charge is 0.219 e. The van der Waals surface area contributed by atoms with Crippen LogP contribution in [0.3, 0.4) is 0 Å². The SMILES string of the molecule is CC(C([c-]1cccc1)N1CCCCC1)[N+](=O)[O-].[Fe].[cH-]1[cH-][cH-][cH-][cH-]1. The van der Waals surface area contributed by atoms with Crippen LogP contribution in [0.2, 0.25) is 0 Å². The largest absolute Gasteiger partial charge is 0.748 e. The van der Waals surface area contributed by atoms with Gasteiger partial charge in [0.2, 0.25) is 6.04 Å². The summed E-state index contributed by atoms with van der Waals surface area (Å²) in [6.45, 7) is 3.67. The third kappa shape index (κ3) is 5.94. The van der Waals surface area contributed by atoms with Crippen molar-refractivity contribution >= 4 is 0 Å². The summed E-state index contributed by atoms with van der Waals surface area (Å²) in [5, 5.41) is 11.1. The molecule has 132 valence electrons. The monoisotopic (exact) mass is 356 g/mol. The molecule has 0 saturated carbocycles. The molecule has 5 heteroatoms. The van der Waals surface area contributed by atoms with Crippen LogP contribution in [-0.2, 0) is 17.1 Å². The molecule has 0 aliphatic carbocycles. The van der Waals surface area contributed by atoms with E-state index in [4.69, 9.17) is 0 Å². The van der Waals surface area contributed by atoms with E-state index in [1.807, 2.05) is 54.6 Å². The van der Waals surface area contributed by atoms with Crippen molar-refractivity contribution in [2.45, 2.75) is 38.3 Å². The fourth-order valence-corrected chi connectivity index (χ4v) is 3.01. The van der Waals surface area contributed by atoms with Crippen LogP contribution in [0.25, 0.3) is 0 Å². The van der Waals surface area contributed by atoms with Crippen molar-refractivity contribution in [3.8, 4) is 0 Å². The van der Waals surface area contributed by atoms with Crippen LogP contribution < -0.4 is 0 Å². The summed E-state index contributed by atoms with van der Waals surface area (Å²) < 4.78 is 0. The van der Waals surface area contributed by atoms with E-state index >= 15 is 0 Å². The van der Waals surface area contributed by atoms with E-state index in [1.165, 1.54) is 6.42 Å². The van der Waals surface area contributed by atoms with Crippen LogP contribution in [0.5, 0.6) is 0 Å². The van der Waals surface area contributed by atoms with Gasteiger partial charge in [0.1, 0.15) is 0 Å². The van der Waals surface area contributed by atoms with Crippen molar-refractivity contribution in [3.05, 3.63) is 70.3 Å². The van der Waals surface area contributed by atoms with Crippen molar-refractivity contribution in [2.75, 3.05) is 13.1 Å². The van der Waals surface area contributed by atoms with Crippen LogP contribution >= 0.6 is 0 Å². The van der Waals surface area contributed by atoms with Crippen molar-refractivity contribution in [3.63, 3.8) is 0 Å². The van der Waals surface area contributed by atoms with Gasteiger partial charge in [0.15, 0.2) is 0 Å². The molecule has 1 aliphatic heterocycles. The molecule has 23 heavy (non-hydrogen) atoms. The number of piperidine rings is 1. The van der Waals surface area contributed by atoms with Crippen LogP contribution in [0.4, 0.5) is 0 Å². The van der Waals surface area contributed by atoms with Gasteiger partial charge in [0, 0.05) is 28.9 Å². The van der Waals surface area contributed by atoms with Gasteiger partial charge < -0.3 is 35.2 Å². The first-order valence-electron chi connectivity index (χ1n) is 7.96. The molecule has 1 saturated heterocycles. The predicted octanol–water partition coefficient (Wildman–Crippen LogP) is 4.00. The van der Waals surface area contributed by atoms with Crippen molar-refractivity contribution in [1.82, 2.24) is 4.90 Å². The molecular weight excluding hydrogens is 332 g/mol. The van der Waals surface area contributed by atoms with E-state index in [0.29, 0.717) is 0 Å². The summed E-state index contributed by atoms with van der Waals surface area (Å²) in [7, 11) is 0. The number of hydrogen-bond acceptors (Lipinski definition) is 3. The summed E-state index contributed by atoms with van der Waals surface area (Å²) in [6, 6.07) is 17.3. The minimum absolute atomic E-state index is 0. The number of hydrogen-bond donors (Lipinski definition) is 0. The van der Waals surface area contributed by atoms with Crippen LogP contribution in [-0.4, -0.2) is 29.0 Å². The van der Waals surface area contributed by atoms with Gasteiger partial charge in [-0.25, -0.2) is 12.1 Å². The maximum Gasteiger partial charge on any atom is 0.219 e. The van der Waals surface area contributed by atoms with Gasteiger partial charge in [0.25, 0.3) is 0 Å². The van der Waals surface area contributed by atoms with E-state index in [9.17, 15) is 10.1 Å². The molecule has 3 rings (SSSR count). The molecule has 0 aromatic heterocycles. The van der Waals surface area contributed by atoms with E-state index in [2.05, 4.69) is 4.90 Å². The molecule has 0 bridgehead atoms. The molecule has 0 radical (unpaired) electrons. The first kappa shape index (κ1) is 19.6. The van der Waals surface area contributed by atoms with Crippen molar-refractivity contribution < 1.29 is 22.0 Å². The van der Waals surface area contributed by atoms with Gasteiger partial charge >= 0.3 is 0 Å². The van der Waals surface area contributed by atoms with Gasteiger partial charge in [-0.1, -0.05) is 6.42 Å². The Morgan fingerprint density at radius 2 is 1.52 bits per heavy atom. The van der Waals surface area contributed by atoms with E-state index in [1.54, 1.807) is 6.92 Å². The number of likely N-dealkylation sites (tertiary alicyclic amines) is 1. The maximum atomic E-state index is 11.1. The van der Waals surface area contributed by atoms with E-state index < -0.39 is 6.04 Å². The molecule has 2 atom stereocenters. The van der Waals surface area contributed by atoms with E-state index in [-0.39, 0.29) is 28.0 Å². The summed E-state index contributed by atoms with van der Waals surface area (Å²) in [6.07, 6.45) is 3.56. The second kappa shape index (κ2) is 10.4. The number of rotatable bonds is 4. The zero-order chi connectivity index (χ0) is 15.8. The quantitative estimate of drug-likeness (QED) is 0.360. The van der Waals surface area contributed by atoms with Gasteiger partial charge in [-0.15, -0.1) is 5.56 Å². The van der Waals surface area contributed by atoms with Gasteiger partial charge in [-0.2, -0.15) is 12.1 Å². The van der Waals surface area contributed by atoms with E-state index in [0.717, 1.165) is 31.5 Å². The molecule has 1 fully saturated rings. The fraction of sp³-hybridized carbons (Fsp3) is 0.444. The third-order valence-electron chi connectivity index (χ3n) is 4.16. The normalized spacial score (nSPS) is 17.3. The maximum absolute atomic E-state index is 11.1. The number of nitro groups is 1. The fourth-order valence-electron chi connectivity index (χ4n) is 3.01. The Labute approximate surface area is 148 Å². The summed E-state index contributed by atoms with van der Waals surface area (Å²) >= 11 is 0. The van der Waals surface area contributed by atoms with Crippen LogP contribution in [0, 0.1) is 10.1 Å². The van der Waals surface area contributed by atoms with Gasteiger partial charge in [-0.3, -0.25) is 10.1 Å². The Hall–Kier alpha value is -1.42. The topological polar surface area (TPSA) is 46.4 Å². The molecule has 2 aromatic rings. The molecule has 0 N–H and O–H groups in total. The van der Waals surface area contributed by atoms with Crippen LogP contribution in [0.1, 0.15) is 37.8 Å². The van der Waals surface area contributed by atoms with Crippen molar-refractivity contribution in [1.29, 1.82) is 0 Å². The average molecular weight is 356 g/mol. The molecule has 1 aliphatic rings. The summed E-state index contributed by atoms with van der Waals surface area (Å²) in [5.41, 5.74) is 1.08. The Kier molecular flexibility index (Phi) is 8.85. The Bertz CT molecular complexity index is 502. The standard InChI is InChI=1S/C13H19N2O2.C5H5.Fe/c1-11(15(16)17)13(12-7-3-4-8-12)14-9-5-2-6-10-14;1-2-4-5-3-1;/h3-4,7-8,11,13H,2,5-6,9-10H2,1H3;1-5H;/q-1;-5;. The molecule has 0 spiro atoms. The first-order chi connectivity index (χ1) is 10.7. The molecular formula is C18H24FeN2O2-6. The minimum atomic E-state index is -0.546.